The van der Waals surface area contributed by atoms with Crippen molar-refractivity contribution in [1.82, 2.24) is 0 Å². The highest BCUT2D eigenvalue weighted by Crippen LogP contribution is 2.30. The van der Waals surface area contributed by atoms with Gasteiger partial charge in [-0.3, -0.25) is 4.72 Å². The quantitative estimate of drug-likeness (QED) is 0.673. The molecule has 0 radical (unpaired) electrons. The minimum atomic E-state index is -5.06. The van der Waals surface area contributed by atoms with Gasteiger partial charge in [-0.25, -0.2) is 13.2 Å². The highest BCUT2D eigenvalue weighted by molar-refractivity contribution is 7.92. The number of carbonyl (C=O) groups is 1. The first-order chi connectivity index (χ1) is 13.4. The number of carbonyl (C=O) groups excluding carboxylic acids is 1. The lowest BCUT2D eigenvalue weighted by Gasteiger charge is -2.15. The Bertz CT molecular complexity index is 974. The zero-order valence-corrected chi connectivity index (χ0v) is 16.6. The Morgan fingerprint density at radius 2 is 1.72 bits per heavy atom. The summed E-state index contributed by atoms with van der Waals surface area (Å²) in [4.78, 5) is 13.4. The van der Waals surface area contributed by atoms with E-state index < -0.39 is 38.6 Å². The van der Waals surface area contributed by atoms with Gasteiger partial charge in [0.05, 0.1) is 11.5 Å². The normalized spacial score (nSPS) is 11.7. The Balaban J connectivity index is 2.38. The number of esters is 1. The molecular formula is C18H19F3N2O5S. The number of alkyl halides is 3. The molecule has 2 aromatic rings. The van der Waals surface area contributed by atoms with Gasteiger partial charge in [-0.1, -0.05) is 0 Å². The van der Waals surface area contributed by atoms with Crippen molar-refractivity contribution >= 4 is 27.4 Å². The maximum absolute atomic E-state index is 12.6. The number of hydrogen-bond acceptors (Lipinski definition) is 6. The van der Waals surface area contributed by atoms with Crippen LogP contribution in [0.1, 0.15) is 17.3 Å². The summed E-state index contributed by atoms with van der Waals surface area (Å²) in [5, 5.41) is 0. The Morgan fingerprint density at radius 3 is 2.24 bits per heavy atom. The SMILES string of the molecule is CCOC(=O)c1cc(S(=O)(=O)Nc2ccc(N(C)C)cc2)ccc1OC(F)(F)F. The summed E-state index contributed by atoms with van der Waals surface area (Å²) in [5.41, 5.74) is 0.421. The van der Waals surface area contributed by atoms with Gasteiger partial charge in [-0.2, -0.15) is 0 Å². The predicted molar refractivity (Wildman–Crippen MR) is 101 cm³/mol. The average Bonchev–Trinajstić information content (AvgIpc) is 2.60. The number of halogens is 3. The van der Waals surface area contributed by atoms with Crippen LogP contribution in [-0.4, -0.2) is 41.5 Å². The molecule has 0 fully saturated rings. The van der Waals surface area contributed by atoms with Crippen molar-refractivity contribution in [3.05, 3.63) is 48.0 Å². The third-order valence-corrected chi connectivity index (χ3v) is 5.00. The molecule has 11 heteroatoms. The second-order valence-electron chi connectivity index (χ2n) is 5.97. The summed E-state index contributed by atoms with van der Waals surface area (Å²) in [6.07, 6.45) is -5.06. The average molecular weight is 432 g/mol. The van der Waals surface area contributed by atoms with Crippen molar-refractivity contribution in [2.75, 3.05) is 30.3 Å². The molecule has 29 heavy (non-hydrogen) atoms. The standard InChI is InChI=1S/C18H19F3N2O5S/c1-4-27-17(24)15-11-14(9-10-16(15)28-18(19,20)21)29(25,26)22-12-5-7-13(8-6-12)23(2)3/h5-11,22H,4H2,1-3H3. The van der Waals surface area contributed by atoms with Crippen LogP contribution in [0.2, 0.25) is 0 Å². The van der Waals surface area contributed by atoms with E-state index >= 15 is 0 Å². The molecule has 2 aromatic carbocycles. The van der Waals surface area contributed by atoms with Gasteiger partial charge in [-0.15, -0.1) is 13.2 Å². The van der Waals surface area contributed by atoms with Crippen LogP contribution >= 0.6 is 0 Å². The van der Waals surface area contributed by atoms with Crippen LogP contribution in [0.4, 0.5) is 24.5 Å². The number of anilines is 2. The Morgan fingerprint density at radius 1 is 1.10 bits per heavy atom. The fourth-order valence-corrected chi connectivity index (χ4v) is 3.38. The molecule has 0 aliphatic rings. The fraction of sp³-hybridized carbons (Fsp3) is 0.278. The molecule has 0 spiro atoms. The minimum Gasteiger partial charge on any atom is -0.462 e. The third-order valence-electron chi connectivity index (χ3n) is 3.62. The molecule has 0 saturated carbocycles. The van der Waals surface area contributed by atoms with E-state index in [0.717, 1.165) is 23.9 Å². The van der Waals surface area contributed by atoms with Gasteiger partial charge >= 0.3 is 12.3 Å². The molecule has 0 aromatic heterocycles. The Hall–Kier alpha value is -2.95. The largest absolute Gasteiger partial charge is 0.573 e. The summed E-state index contributed by atoms with van der Waals surface area (Å²) >= 11 is 0. The molecule has 158 valence electrons. The number of sulfonamides is 1. The second-order valence-corrected chi connectivity index (χ2v) is 7.66. The van der Waals surface area contributed by atoms with Crippen LogP contribution in [-0.2, 0) is 14.8 Å². The maximum Gasteiger partial charge on any atom is 0.573 e. The van der Waals surface area contributed by atoms with Gasteiger partial charge in [0.25, 0.3) is 10.0 Å². The van der Waals surface area contributed by atoms with E-state index in [0.29, 0.717) is 0 Å². The van der Waals surface area contributed by atoms with E-state index in [1.54, 1.807) is 12.1 Å². The molecule has 0 saturated heterocycles. The Labute approximate surface area is 166 Å². The van der Waals surface area contributed by atoms with Crippen molar-refractivity contribution in [1.29, 1.82) is 0 Å². The van der Waals surface area contributed by atoms with Gasteiger partial charge in [0.2, 0.25) is 0 Å². The molecule has 0 aliphatic carbocycles. The number of nitrogens with one attached hydrogen (secondary N) is 1. The van der Waals surface area contributed by atoms with Crippen molar-refractivity contribution in [2.45, 2.75) is 18.2 Å². The summed E-state index contributed by atoms with van der Waals surface area (Å²) < 4.78 is 73.8. The lowest BCUT2D eigenvalue weighted by molar-refractivity contribution is -0.274. The zero-order valence-electron chi connectivity index (χ0n) is 15.8. The van der Waals surface area contributed by atoms with Crippen LogP contribution in [0.25, 0.3) is 0 Å². The monoisotopic (exact) mass is 432 g/mol. The highest BCUT2D eigenvalue weighted by Gasteiger charge is 2.34. The van der Waals surface area contributed by atoms with Crippen LogP contribution in [0.15, 0.2) is 47.4 Å². The van der Waals surface area contributed by atoms with E-state index in [9.17, 15) is 26.4 Å². The molecule has 0 bridgehead atoms. The van der Waals surface area contributed by atoms with Crippen molar-refractivity contribution in [3.8, 4) is 5.75 Å². The second kappa shape index (κ2) is 8.60. The van der Waals surface area contributed by atoms with E-state index in [1.165, 1.54) is 19.1 Å². The van der Waals surface area contributed by atoms with E-state index in [1.807, 2.05) is 19.0 Å². The van der Waals surface area contributed by atoms with Gasteiger partial charge in [-0.05, 0) is 49.4 Å². The van der Waals surface area contributed by atoms with Gasteiger partial charge in [0.15, 0.2) is 0 Å². The number of ether oxygens (including phenoxy) is 2. The van der Waals surface area contributed by atoms with Crippen molar-refractivity contribution in [2.24, 2.45) is 0 Å². The molecular weight excluding hydrogens is 413 g/mol. The summed E-state index contributed by atoms with van der Waals surface area (Å²) in [6, 6.07) is 8.85. The molecule has 0 aliphatic heterocycles. The third kappa shape index (κ3) is 6.01. The van der Waals surface area contributed by atoms with Gasteiger partial charge in [0.1, 0.15) is 11.3 Å². The van der Waals surface area contributed by atoms with Crippen molar-refractivity contribution in [3.63, 3.8) is 0 Å². The molecule has 2 rings (SSSR count). The summed E-state index contributed by atoms with van der Waals surface area (Å²) in [7, 11) is -0.546. The summed E-state index contributed by atoms with van der Waals surface area (Å²) in [6.45, 7) is 1.35. The smallest absolute Gasteiger partial charge is 0.462 e. The number of benzene rings is 2. The zero-order chi connectivity index (χ0) is 21.8. The molecule has 0 heterocycles. The summed E-state index contributed by atoms with van der Waals surface area (Å²) in [5.74, 6) is -2.00. The molecule has 0 atom stereocenters. The minimum absolute atomic E-state index is 0.113. The van der Waals surface area contributed by atoms with Crippen LogP contribution < -0.4 is 14.4 Å². The van der Waals surface area contributed by atoms with E-state index in [-0.39, 0.29) is 12.3 Å². The van der Waals surface area contributed by atoms with Crippen LogP contribution in [0.5, 0.6) is 5.75 Å². The van der Waals surface area contributed by atoms with Crippen LogP contribution in [0.3, 0.4) is 0 Å². The van der Waals surface area contributed by atoms with Gasteiger partial charge in [0, 0.05) is 25.5 Å². The predicted octanol–water partition coefficient (Wildman–Crippen LogP) is 3.63. The number of hydrogen-bond donors (Lipinski definition) is 1. The first kappa shape index (κ1) is 22.3. The topological polar surface area (TPSA) is 84.9 Å². The molecule has 1 N–H and O–H groups in total. The molecule has 7 nitrogen and oxygen atoms in total. The lowest BCUT2D eigenvalue weighted by atomic mass is 10.2. The fourth-order valence-electron chi connectivity index (χ4n) is 2.30. The molecule has 0 amide bonds. The molecule has 0 unspecified atom stereocenters. The number of nitrogens with zero attached hydrogens (tertiary/aromatic N) is 1. The van der Waals surface area contributed by atoms with Gasteiger partial charge < -0.3 is 14.4 Å². The van der Waals surface area contributed by atoms with E-state index in [2.05, 4.69) is 9.46 Å². The lowest BCUT2D eigenvalue weighted by Crippen LogP contribution is -2.20. The first-order valence-corrected chi connectivity index (χ1v) is 9.78. The maximum atomic E-state index is 12.6. The Kier molecular flexibility index (Phi) is 6.62. The highest BCUT2D eigenvalue weighted by atomic mass is 32.2. The first-order valence-electron chi connectivity index (χ1n) is 8.30. The van der Waals surface area contributed by atoms with Crippen molar-refractivity contribution < 1.29 is 35.9 Å². The van der Waals surface area contributed by atoms with Crippen LogP contribution in [0, 0.1) is 0 Å². The van der Waals surface area contributed by atoms with E-state index in [4.69, 9.17) is 4.74 Å². The number of rotatable bonds is 7.